The van der Waals surface area contributed by atoms with Gasteiger partial charge in [0.25, 0.3) is 0 Å². The molecule has 0 bridgehead atoms. The summed E-state index contributed by atoms with van der Waals surface area (Å²) in [6.45, 7) is 1.72. The fraction of sp³-hybridized carbons (Fsp3) is 0.600. The summed E-state index contributed by atoms with van der Waals surface area (Å²) < 4.78 is 5.58. The van der Waals surface area contributed by atoms with Gasteiger partial charge in [-0.25, -0.2) is 15.8 Å². The molecular formula is C10H17N5O. The second kappa shape index (κ2) is 5.09. The fourth-order valence-corrected chi connectivity index (χ4v) is 1.82. The average molecular weight is 223 g/mol. The van der Waals surface area contributed by atoms with Crippen LogP contribution >= 0.6 is 0 Å². The first-order valence-electron chi connectivity index (χ1n) is 5.41. The van der Waals surface area contributed by atoms with Crippen molar-refractivity contribution in [3.8, 4) is 0 Å². The first-order chi connectivity index (χ1) is 7.79. The summed E-state index contributed by atoms with van der Waals surface area (Å²) in [4.78, 5) is 10.2. The van der Waals surface area contributed by atoms with E-state index in [1.807, 2.05) is 13.1 Å². The van der Waals surface area contributed by atoms with E-state index in [2.05, 4.69) is 20.3 Å². The molecule has 1 atom stereocenters. The summed E-state index contributed by atoms with van der Waals surface area (Å²) in [5.41, 5.74) is 2.51. The minimum atomic E-state index is 0.314. The zero-order chi connectivity index (χ0) is 11.4. The summed E-state index contributed by atoms with van der Waals surface area (Å²) in [5, 5.41) is 0. The van der Waals surface area contributed by atoms with Crippen LogP contribution in [0, 0.1) is 0 Å². The molecule has 6 nitrogen and oxygen atoms in total. The van der Waals surface area contributed by atoms with Gasteiger partial charge in [-0.3, -0.25) is 0 Å². The Kier molecular flexibility index (Phi) is 3.53. The Bertz CT molecular complexity index is 340. The first-order valence-corrected chi connectivity index (χ1v) is 5.41. The van der Waals surface area contributed by atoms with Crippen LogP contribution in [0.3, 0.4) is 0 Å². The molecule has 0 aromatic carbocycles. The summed E-state index contributed by atoms with van der Waals surface area (Å²) in [6, 6.07) is 1.81. The SMILES string of the molecule is CN(CC1CCCO1)c1cc(NN)ncn1. The molecule has 1 aliphatic heterocycles. The highest BCUT2D eigenvalue weighted by Crippen LogP contribution is 2.17. The molecular weight excluding hydrogens is 206 g/mol. The standard InChI is InChI=1S/C10H17N5O/c1-15(6-8-3-2-4-16-8)10-5-9(14-11)12-7-13-10/h5,7-8H,2-4,6,11H2,1H3,(H,12,13,14). The summed E-state index contributed by atoms with van der Waals surface area (Å²) in [7, 11) is 1.99. The molecule has 1 aromatic heterocycles. The summed E-state index contributed by atoms with van der Waals surface area (Å²) in [6.07, 6.45) is 4.08. The monoisotopic (exact) mass is 223 g/mol. The first kappa shape index (κ1) is 11.1. The van der Waals surface area contributed by atoms with E-state index in [0.29, 0.717) is 11.9 Å². The minimum absolute atomic E-state index is 0.314. The molecule has 0 saturated carbocycles. The van der Waals surface area contributed by atoms with E-state index in [1.165, 1.54) is 6.33 Å². The Morgan fingerprint density at radius 1 is 1.62 bits per heavy atom. The number of nitrogens with zero attached hydrogens (tertiary/aromatic N) is 3. The number of hydrogen-bond donors (Lipinski definition) is 2. The molecule has 3 N–H and O–H groups in total. The number of nitrogen functional groups attached to an aromatic ring is 1. The zero-order valence-electron chi connectivity index (χ0n) is 9.39. The minimum Gasteiger partial charge on any atom is -0.376 e. The molecule has 1 saturated heterocycles. The van der Waals surface area contributed by atoms with Gasteiger partial charge < -0.3 is 15.1 Å². The maximum Gasteiger partial charge on any atom is 0.145 e. The Balaban J connectivity index is 1.98. The number of hydrazine groups is 1. The molecule has 0 spiro atoms. The van der Waals surface area contributed by atoms with Crippen molar-refractivity contribution in [1.82, 2.24) is 9.97 Å². The van der Waals surface area contributed by atoms with Crippen LogP contribution in [0.5, 0.6) is 0 Å². The van der Waals surface area contributed by atoms with Gasteiger partial charge in [-0.15, -0.1) is 0 Å². The maximum absolute atomic E-state index is 5.58. The summed E-state index contributed by atoms with van der Waals surface area (Å²) >= 11 is 0. The molecule has 1 aromatic rings. The Morgan fingerprint density at radius 3 is 3.19 bits per heavy atom. The highest BCUT2D eigenvalue weighted by atomic mass is 16.5. The van der Waals surface area contributed by atoms with E-state index >= 15 is 0 Å². The zero-order valence-corrected chi connectivity index (χ0v) is 9.39. The predicted molar refractivity (Wildman–Crippen MR) is 62.1 cm³/mol. The lowest BCUT2D eigenvalue weighted by atomic mass is 10.2. The molecule has 1 aliphatic rings. The second-order valence-electron chi connectivity index (χ2n) is 3.92. The van der Waals surface area contributed by atoms with Gasteiger partial charge in [-0.2, -0.15) is 0 Å². The van der Waals surface area contributed by atoms with Crippen molar-refractivity contribution in [2.24, 2.45) is 5.84 Å². The number of anilines is 2. The number of likely N-dealkylation sites (N-methyl/N-ethyl adjacent to an activating group) is 1. The third-order valence-corrected chi connectivity index (χ3v) is 2.69. The second-order valence-corrected chi connectivity index (χ2v) is 3.92. The van der Waals surface area contributed by atoms with E-state index in [4.69, 9.17) is 10.6 Å². The Morgan fingerprint density at radius 2 is 2.50 bits per heavy atom. The largest absolute Gasteiger partial charge is 0.376 e. The molecule has 0 aliphatic carbocycles. The number of nitrogens with two attached hydrogens (primary N) is 1. The van der Waals surface area contributed by atoms with Gasteiger partial charge in [0.2, 0.25) is 0 Å². The van der Waals surface area contributed by atoms with Crippen LogP contribution in [0.1, 0.15) is 12.8 Å². The molecule has 0 radical (unpaired) electrons. The molecule has 2 rings (SSSR count). The fourth-order valence-electron chi connectivity index (χ4n) is 1.82. The quantitative estimate of drug-likeness (QED) is 0.567. The Hall–Kier alpha value is -1.40. The topological polar surface area (TPSA) is 76.3 Å². The molecule has 1 unspecified atom stereocenters. The van der Waals surface area contributed by atoms with E-state index in [-0.39, 0.29) is 0 Å². The maximum atomic E-state index is 5.58. The van der Waals surface area contributed by atoms with Gasteiger partial charge in [0.1, 0.15) is 18.0 Å². The third-order valence-electron chi connectivity index (χ3n) is 2.69. The van der Waals surface area contributed by atoms with Crippen molar-refractivity contribution in [3.63, 3.8) is 0 Å². The van der Waals surface area contributed by atoms with Crippen molar-refractivity contribution in [1.29, 1.82) is 0 Å². The highest BCUT2D eigenvalue weighted by molar-refractivity contribution is 5.47. The van der Waals surface area contributed by atoms with Gasteiger partial charge in [-0.1, -0.05) is 0 Å². The van der Waals surface area contributed by atoms with Gasteiger partial charge in [-0.05, 0) is 12.8 Å². The lowest BCUT2D eigenvalue weighted by Gasteiger charge is -2.21. The van der Waals surface area contributed by atoms with Crippen LogP contribution in [0.25, 0.3) is 0 Å². The number of aromatic nitrogens is 2. The average Bonchev–Trinajstić information content (AvgIpc) is 2.82. The van der Waals surface area contributed by atoms with Crippen LogP contribution in [0.4, 0.5) is 11.6 Å². The van der Waals surface area contributed by atoms with Crippen molar-refractivity contribution < 1.29 is 4.74 Å². The van der Waals surface area contributed by atoms with Crippen LogP contribution in [0.2, 0.25) is 0 Å². The highest BCUT2D eigenvalue weighted by Gasteiger charge is 2.18. The third kappa shape index (κ3) is 2.59. The smallest absolute Gasteiger partial charge is 0.145 e. The Labute approximate surface area is 94.8 Å². The van der Waals surface area contributed by atoms with Gasteiger partial charge in [0.05, 0.1) is 6.10 Å². The van der Waals surface area contributed by atoms with Crippen LogP contribution in [-0.4, -0.2) is 36.3 Å². The molecule has 2 heterocycles. The van der Waals surface area contributed by atoms with Crippen LogP contribution < -0.4 is 16.2 Å². The number of nitrogens with one attached hydrogen (secondary N) is 1. The van der Waals surface area contributed by atoms with E-state index < -0.39 is 0 Å². The van der Waals surface area contributed by atoms with Gasteiger partial charge >= 0.3 is 0 Å². The van der Waals surface area contributed by atoms with Crippen molar-refractivity contribution in [2.45, 2.75) is 18.9 Å². The lowest BCUT2D eigenvalue weighted by molar-refractivity contribution is 0.116. The van der Waals surface area contributed by atoms with Crippen LogP contribution in [0.15, 0.2) is 12.4 Å². The predicted octanol–water partition coefficient (Wildman–Crippen LogP) is 0.377. The van der Waals surface area contributed by atoms with Crippen molar-refractivity contribution >= 4 is 11.6 Å². The van der Waals surface area contributed by atoms with E-state index in [0.717, 1.165) is 31.8 Å². The normalized spacial score (nSPS) is 19.8. The van der Waals surface area contributed by atoms with E-state index in [1.54, 1.807) is 0 Å². The molecule has 6 heteroatoms. The number of ether oxygens (including phenoxy) is 1. The molecule has 16 heavy (non-hydrogen) atoms. The molecule has 1 fully saturated rings. The molecule has 0 amide bonds. The van der Waals surface area contributed by atoms with Crippen molar-refractivity contribution in [3.05, 3.63) is 12.4 Å². The van der Waals surface area contributed by atoms with Crippen LogP contribution in [-0.2, 0) is 4.74 Å². The van der Waals surface area contributed by atoms with Gasteiger partial charge in [0, 0.05) is 26.3 Å². The van der Waals surface area contributed by atoms with E-state index in [9.17, 15) is 0 Å². The lowest BCUT2D eigenvalue weighted by Crippen LogP contribution is -2.29. The van der Waals surface area contributed by atoms with Gasteiger partial charge in [0.15, 0.2) is 0 Å². The number of hydrogen-bond acceptors (Lipinski definition) is 6. The summed E-state index contributed by atoms with van der Waals surface area (Å²) in [5.74, 6) is 6.76. The van der Waals surface area contributed by atoms with Crippen molar-refractivity contribution in [2.75, 3.05) is 30.5 Å². The molecule has 88 valence electrons. The number of rotatable bonds is 4.